The second-order valence-corrected chi connectivity index (χ2v) is 4.66. The van der Waals surface area contributed by atoms with Crippen molar-refractivity contribution in [2.75, 3.05) is 5.32 Å². The van der Waals surface area contributed by atoms with E-state index in [1.54, 1.807) is 0 Å². The third kappa shape index (κ3) is 2.48. The van der Waals surface area contributed by atoms with Gasteiger partial charge in [0.25, 0.3) is 5.91 Å². The van der Waals surface area contributed by atoms with Crippen molar-refractivity contribution in [1.29, 1.82) is 0 Å². The predicted molar refractivity (Wildman–Crippen MR) is 72.0 cm³/mol. The molecule has 0 aliphatic carbocycles. The van der Waals surface area contributed by atoms with Crippen molar-refractivity contribution in [3.63, 3.8) is 0 Å². The summed E-state index contributed by atoms with van der Waals surface area (Å²) in [5.74, 6) is -0.405. The van der Waals surface area contributed by atoms with Gasteiger partial charge in [-0.1, -0.05) is 40.2 Å². The number of hydrogen-bond acceptors (Lipinski definition) is 2. The van der Waals surface area contributed by atoms with Crippen LogP contribution in [0.4, 0.5) is 5.69 Å². The van der Waals surface area contributed by atoms with Gasteiger partial charge >= 0.3 is 0 Å². The van der Waals surface area contributed by atoms with Gasteiger partial charge in [0.05, 0.1) is 0 Å². The van der Waals surface area contributed by atoms with Crippen LogP contribution < -0.4 is 5.32 Å². The Kier molecular flexibility index (Phi) is 3.45. The minimum Gasteiger partial charge on any atom is -0.384 e. The van der Waals surface area contributed by atoms with E-state index in [-0.39, 0.29) is 0 Å². The molecule has 2 aromatic carbocycles. The van der Waals surface area contributed by atoms with Gasteiger partial charge < -0.3 is 10.4 Å². The monoisotopic (exact) mass is 293 g/mol. The van der Waals surface area contributed by atoms with Crippen LogP contribution in [0.15, 0.2) is 40.9 Å². The molecule has 0 bridgehead atoms. The van der Waals surface area contributed by atoms with Gasteiger partial charge in [-0.15, -0.1) is 0 Å². The minimum atomic E-state index is -1.02. The Balaban J connectivity index is 2.48. The number of rotatable bonds is 2. The number of benzene rings is 2. The molecule has 1 amide bonds. The maximum absolute atomic E-state index is 11.5. The van der Waals surface area contributed by atoms with Gasteiger partial charge in [0.1, 0.15) is 6.10 Å². The number of fused-ring (bicyclic) bond motifs is 1. The third-order valence-electron chi connectivity index (χ3n) is 2.51. The fourth-order valence-electron chi connectivity index (χ4n) is 1.61. The van der Waals surface area contributed by atoms with Gasteiger partial charge in [0.2, 0.25) is 0 Å². The van der Waals surface area contributed by atoms with Gasteiger partial charge in [-0.25, -0.2) is 0 Å². The summed E-state index contributed by atoms with van der Waals surface area (Å²) < 4.78 is 0.975. The first-order chi connectivity index (χ1) is 8.09. The third-order valence-corrected chi connectivity index (χ3v) is 3.20. The van der Waals surface area contributed by atoms with Gasteiger partial charge in [-0.2, -0.15) is 0 Å². The molecule has 2 rings (SSSR count). The highest BCUT2D eigenvalue weighted by atomic mass is 79.9. The number of aliphatic hydroxyl groups is 1. The molecule has 88 valence electrons. The summed E-state index contributed by atoms with van der Waals surface area (Å²) in [7, 11) is 0. The molecule has 2 N–H and O–H groups in total. The van der Waals surface area contributed by atoms with Crippen LogP contribution in [0.2, 0.25) is 0 Å². The Morgan fingerprint density at radius 1 is 1.24 bits per heavy atom. The zero-order valence-corrected chi connectivity index (χ0v) is 10.9. The van der Waals surface area contributed by atoms with Crippen LogP contribution in [-0.4, -0.2) is 17.1 Å². The number of anilines is 1. The fourth-order valence-corrected chi connectivity index (χ4v) is 2.09. The average molecular weight is 294 g/mol. The van der Waals surface area contributed by atoms with Gasteiger partial charge in [0, 0.05) is 15.5 Å². The Morgan fingerprint density at radius 2 is 1.88 bits per heavy atom. The topological polar surface area (TPSA) is 49.3 Å². The lowest BCUT2D eigenvalue weighted by Gasteiger charge is -2.11. The van der Waals surface area contributed by atoms with E-state index < -0.39 is 12.0 Å². The SMILES string of the molecule is CC(O)C(=O)Nc1ccc(Br)c2ccccc12. The summed E-state index contributed by atoms with van der Waals surface area (Å²) in [6.45, 7) is 1.44. The summed E-state index contributed by atoms with van der Waals surface area (Å²) >= 11 is 3.46. The molecule has 0 heterocycles. The molecule has 0 spiro atoms. The Morgan fingerprint density at radius 3 is 2.53 bits per heavy atom. The molecule has 2 aromatic rings. The van der Waals surface area contributed by atoms with Crippen molar-refractivity contribution in [2.24, 2.45) is 0 Å². The predicted octanol–water partition coefficient (Wildman–Crippen LogP) is 2.92. The van der Waals surface area contributed by atoms with Crippen molar-refractivity contribution < 1.29 is 9.90 Å². The zero-order valence-electron chi connectivity index (χ0n) is 9.27. The van der Waals surface area contributed by atoms with Crippen LogP contribution in [0.1, 0.15) is 6.92 Å². The highest BCUT2D eigenvalue weighted by molar-refractivity contribution is 9.10. The second-order valence-electron chi connectivity index (χ2n) is 3.81. The van der Waals surface area contributed by atoms with Gasteiger partial charge in [-0.05, 0) is 24.4 Å². The summed E-state index contributed by atoms with van der Waals surface area (Å²) in [5, 5.41) is 13.9. The van der Waals surface area contributed by atoms with E-state index in [0.717, 1.165) is 15.2 Å². The van der Waals surface area contributed by atoms with Crippen molar-refractivity contribution >= 4 is 38.3 Å². The average Bonchev–Trinajstić information content (AvgIpc) is 2.33. The summed E-state index contributed by atoms with van der Waals surface area (Å²) in [5.41, 5.74) is 0.703. The number of hydrogen-bond donors (Lipinski definition) is 2. The van der Waals surface area contributed by atoms with Crippen molar-refractivity contribution in [3.8, 4) is 0 Å². The number of carbonyl (C=O) groups is 1. The first kappa shape index (κ1) is 12.1. The molecule has 4 heteroatoms. The van der Waals surface area contributed by atoms with Crippen LogP contribution in [0, 0.1) is 0 Å². The summed E-state index contributed by atoms with van der Waals surface area (Å²) in [4.78, 5) is 11.5. The van der Waals surface area contributed by atoms with E-state index in [1.807, 2.05) is 36.4 Å². The van der Waals surface area contributed by atoms with Crippen molar-refractivity contribution in [3.05, 3.63) is 40.9 Å². The van der Waals surface area contributed by atoms with E-state index in [2.05, 4.69) is 21.2 Å². The molecular formula is C13H12BrNO2. The van der Waals surface area contributed by atoms with Crippen molar-refractivity contribution in [2.45, 2.75) is 13.0 Å². The highest BCUT2D eigenvalue weighted by Crippen LogP contribution is 2.29. The van der Waals surface area contributed by atoms with E-state index in [9.17, 15) is 9.90 Å². The van der Waals surface area contributed by atoms with Crippen LogP contribution in [0.3, 0.4) is 0 Å². The second kappa shape index (κ2) is 4.85. The van der Waals surface area contributed by atoms with Gasteiger partial charge in [0.15, 0.2) is 0 Å². The molecule has 1 unspecified atom stereocenters. The summed E-state index contributed by atoms with van der Waals surface area (Å²) in [6, 6.07) is 11.4. The number of nitrogens with one attached hydrogen (secondary N) is 1. The molecule has 0 saturated heterocycles. The van der Waals surface area contributed by atoms with Crippen LogP contribution in [0.5, 0.6) is 0 Å². The van der Waals surface area contributed by atoms with E-state index >= 15 is 0 Å². The molecule has 17 heavy (non-hydrogen) atoms. The molecule has 3 nitrogen and oxygen atoms in total. The largest absolute Gasteiger partial charge is 0.384 e. The Labute approximate surface area is 108 Å². The molecule has 0 radical (unpaired) electrons. The van der Waals surface area contributed by atoms with E-state index in [0.29, 0.717) is 5.69 Å². The van der Waals surface area contributed by atoms with Crippen LogP contribution in [-0.2, 0) is 4.79 Å². The van der Waals surface area contributed by atoms with Gasteiger partial charge in [-0.3, -0.25) is 4.79 Å². The fraction of sp³-hybridized carbons (Fsp3) is 0.154. The maximum Gasteiger partial charge on any atom is 0.252 e. The standard InChI is InChI=1S/C13H12BrNO2/c1-8(16)13(17)15-12-7-6-11(14)9-4-2-3-5-10(9)12/h2-8,16H,1H3,(H,15,17). The molecule has 0 fully saturated rings. The smallest absolute Gasteiger partial charge is 0.252 e. The number of amides is 1. The summed E-state index contributed by atoms with van der Waals surface area (Å²) in [6.07, 6.45) is -1.02. The number of halogens is 1. The maximum atomic E-state index is 11.5. The Hall–Kier alpha value is -1.39. The molecule has 0 aliphatic heterocycles. The zero-order chi connectivity index (χ0) is 12.4. The lowest BCUT2D eigenvalue weighted by atomic mass is 10.1. The normalized spacial score (nSPS) is 12.4. The van der Waals surface area contributed by atoms with Crippen molar-refractivity contribution in [1.82, 2.24) is 0 Å². The molecule has 0 saturated carbocycles. The number of aliphatic hydroxyl groups excluding tert-OH is 1. The lowest BCUT2D eigenvalue weighted by molar-refractivity contribution is -0.123. The van der Waals surface area contributed by atoms with Crippen LogP contribution >= 0.6 is 15.9 Å². The first-order valence-electron chi connectivity index (χ1n) is 5.26. The lowest BCUT2D eigenvalue weighted by Crippen LogP contribution is -2.24. The van der Waals surface area contributed by atoms with Crippen LogP contribution in [0.25, 0.3) is 10.8 Å². The highest BCUT2D eigenvalue weighted by Gasteiger charge is 2.11. The van der Waals surface area contributed by atoms with E-state index in [4.69, 9.17) is 0 Å². The molecule has 0 aliphatic rings. The minimum absolute atomic E-state index is 0.405. The Bertz CT molecular complexity index is 566. The van der Waals surface area contributed by atoms with E-state index in [1.165, 1.54) is 6.92 Å². The number of carbonyl (C=O) groups excluding carboxylic acids is 1. The first-order valence-corrected chi connectivity index (χ1v) is 6.05. The molecule has 1 atom stereocenters. The quantitative estimate of drug-likeness (QED) is 0.894. The molecular weight excluding hydrogens is 282 g/mol. The molecule has 0 aromatic heterocycles.